The number of hydrogen-bond acceptors (Lipinski definition) is 4. The molecule has 1 aliphatic carbocycles. The van der Waals surface area contributed by atoms with E-state index in [-0.39, 0.29) is 5.91 Å². The van der Waals surface area contributed by atoms with Crippen molar-refractivity contribution in [3.8, 4) is 11.5 Å². The van der Waals surface area contributed by atoms with Crippen LogP contribution in [0.25, 0.3) is 0 Å². The fourth-order valence-electron chi connectivity index (χ4n) is 1.87. The number of ether oxygens (including phenoxy) is 2. The predicted molar refractivity (Wildman–Crippen MR) is 73.9 cm³/mol. The Bertz CT molecular complexity index is 470. The molecule has 1 aromatic carbocycles. The molecule has 0 atom stereocenters. The largest absolute Gasteiger partial charge is 0.496 e. The maximum atomic E-state index is 11.8. The molecule has 2 N–H and O–H groups in total. The molecule has 5 heteroatoms. The van der Waals surface area contributed by atoms with Gasteiger partial charge in [0.05, 0.1) is 26.5 Å². The third kappa shape index (κ3) is 3.61. The lowest BCUT2D eigenvalue weighted by molar-refractivity contribution is -0.115. The van der Waals surface area contributed by atoms with Crippen molar-refractivity contribution < 1.29 is 14.3 Å². The Morgan fingerprint density at radius 2 is 1.95 bits per heavy atom. The molecule has 0 unspecified atom stereocenters. The van der Waals surface area contributed by atoms with Crippen LogP contribution in [0.3, 0.4) is 0 Å². The molecule has 1 fully saturated rings. The molecule has 0 spiro atoms. The first kappa shape index (κ1) is 13.7. The zero-order valence-corrected chi connectivity index (χ0v) is 11.6. The van der Waals surface area contributed by atoms with Crippen LogP contribution in [0.5, 0.6) is 11.5 Å². The summed E-state index contributed by atoms with van der Waals surface area (Å²) in [6, 6.07) is 4.14. The third-order valence-electron chi connectivity index (χ3n) is 3.12. The van der Waals surface area contributed by atoms with E-state index >= 15 is 0 Å². The van der Waals surface area contributed by atoms with Crippen molar-refractivity contribution in [1.82, 2.24) is 5.32 Å². The molecule has 1 saturated carbocycles. The molecule has 5 nitrogen and oxygen atoms in total. The molecule has 0 aromatic heterocycles. The van der Waals surface area contributed by atoms with E-state index in [1.54, 1.807) is 20.3 Å². The minimum atomic E-state index is -0.0730. The number of anilines is 1. The quantitative estimate of drug-likeness (QED) is 0.821. The monoisotopic (exact) mass is 264 g/mol. The van der Waals surface area contributed by atoms with Gasteiger partial charge in [0.25, 0.3) is 0 Å². The number of hydrogen-bond donors (Lipinski definition) is 2. The summed E-state index contributed by atoms with van der Waals surface area (Å²) in [5, 5.41) is 6.01. The van der Waals surface area contributed by atoms with Crippen LogP contribution in [0.4, 0.5) is 5.69 Å². The van der Waals surface area contributed by atoms with Gasteiger partial charge in [0.15, 0.2) is 0 Å². The molecule has 2 rings (SSSR count). The first-order valence-corrected chi connectivity index (χ1v) is 6.40. The highest BCUT2D eigenvalue weighted by molar-refractivity contribution is 5.94. The summed E-state index contributed by atoms with van der Waals surface area (Å²) >= 11 is 0. The van der Waals surface area contributed by atoms with Crippen molar-refractivity contribution in [2.24, 2.45) is 0 Å². The summed E-state index contributed by atoms with van der Waals surface area (Å²) in [5.41, 5.74) is 1.60. The van der Waals surface area contributed by atoms with Crippen molar-refractivity contribution in [2.75, 3.05) is 26.1 Å². The van der Waals surface area contributed by atoms with Crippen LogP contribution in [0.15, 0.2) is 12.1 Å². The second-order valence-electron chi connectivity index (χ2n) is 4.73. The van der Waals surface area contributed by atoms with E-state index in [1.165, 1.54) is 0 Å². The van der Waals surface area contributed by atoms with Crippen LogP contribution in [0.2, 0.25) is 0 Å². The molecule has 1 aromatic rings. The molecule has 0 bridgehead atoms. The van der Waals surface area contributed by atoms with Crippen molar-refractivity contribution in [3.63, 3.8) is 0 Å². The van der Waals surface area contributed by atoms with E-state index in [0.29, 0.717) is 24.0 Å². The van der Waals surface area contributed by atoms with E-state index in [4.69, 9.17) is 9.47 Å². The molecule has 0 radical (unpaired) electrons. The van der Waals surface area contributed by atoms with E-state index in [1.807, 2.05) is 13.0 Å². The second kappa shape index (κ2) is 5.93. The van der Waals surface area contributed by atoms with Gasteiger partial charge in [-0.3, -0.25) is 4.79 Å². The number of aryl methyl sites for hydroxylation is 1. The fourth-order valence-corrected chi connectivity index (χ4v) is 1.87. The number of rotatable bonds is 6. The molecule has 104 valence electrons. The number of methoxy groups -OCH3 is 2. The summed E-state index contributed by atoms with van der Waals surface area (Å²) in [6.45, 7) is 2.26. The second-order valence-corrected chi connectivity index (χ2v) is 4.73. The highest BCUT2D eigenvalue weighted by Crippen LogP contribution is 2.32. The molecular formula is C14H20N2O3. The van der Waals surface area contributed by atoms with Crippen LogP contribution in [0, 0.1) is 6.92 Å². The van der Waals surface area contributed by atoms with Crippen molar-refractivity contribution >= 4 is 11.6 Å². The van der Waals surface area contributed by atoms with Gasteiger partial charge in [-0.25, -0.2) is 0 Å². The summed E-state index contributed by atoms with van der Waals surface area (Å²) in [5.74, 6) is 1.29. The highest BCUT2D eigenvalue weighted by atomic mass is 16.5. The number of carbonyl (C=O) groups is 1. The standard InChI is InChI=1S/C14H20N2O3/c1-9-6-13(19-3)11(7-12(9)18-2)16-14(17)8-15-10-4-5-10/h6-7,10,15H,4-5,8H2,1-3H3,(H,16,17). The summed E-state index contributed by atoms with van der Waals surface area (Å²) in [4.78, 5) is 11.8. The maximum absolute atomic E-state index is 11.8. The minimum Gasteiger partial charge on any atom is -0.496 e. The van der Waals surface area contributed by atoms with Crippen molar-refractivity contribution in [1.29, 1.82) is 0 Å². The molecule has 19 heavy (non-hydrogen) atoms. The van der Waals surface area contributed by atoms with Crippen LogP contribution in [-0.4, -0.2) is 32.7 Å². The Labute approximate surface area is 113 Å². The van der Waals surface area contributed by atoms with Gasteiger partial charge in [-0.2, -0.15) is 0 Å². The molecular weight excluding hydrogens is 244 g/mol. The minimum absolute atomic E-state index is 0.0730. The zero-order chi connectivity index (χ0) is 13.8. The van der Waals surface area contributed by atoms with Gasteiger partial charge in [-0.05, 0) is 31.4 Å². The zero-order valence-electron chi connectivity index (χ0n) is 11.6. The number of benzene rings is 1. The lowest BCUT2D eigenvalue weighted by atomic mass is 10.2. The van der Waals surface area contributed by atoms with Crippen LogP contribution in [-0.2, 0) is 4.79 Å². The number of nitrogens with one attached hydrogen (secondary N) is 2. The van der Waals surface area contributed by atoms with Gasteiger partial charge in [0, 0.05) is 12.1 Å². The van der Waals surface area contributed by atoms with Crippen LogP contribution < -0.4 is 20.1 Å². The summed E-state index contributed by atoms with van der Waals surface area (Å²) < 4.78 is 10.5. The van der Waals surface area contributed by atoms with Gasteiger partial charge < -0.3 is 20.1 Å². The van der Waals surface area contributed by atoms with Crippen molar-refractivity contribution in [2.45, 2.75) is 25.8 Å². The molecule has 1 amide bonds. The molecule has 0 heterocycles. The first-order valence-electron chi connectivity index (χ1n) is 6.40. The average molecular weight is 264 g/mol. The lowest BCUT2D eigenvalue weighted by Gasteiger charge is -2.14. The molecule has 1 aliphatic rings. The maximum Gasteiger partial charge on any atom is 0.238 e. The molecule has 0 saturated heterocycles. The Hall–Kier alpha value is -1.75. The molecule has 0 aliphatic heterocycles. The number of carbonyl (C=O) groups excluding carboxylic acids is 1. The lowest BCUT2D eigenvalue weighted by Crippen LogP contribution is -2.29. The van der Waals surface area contributed by atoms with Gasteiger partial charge in [0.2, 0.25) is 5.91 Å². The Kier molecular flexibility index (Phi) is 4.27. The SMILES string of the molecule is COc1cc(NC(=O)CNC2CC2)c(OC)cc1C. The Morgan fingerprint density at radius 1 is 1.26 bits per heavy atom. The Morgan fingerprint density at radius 3 is 2.53 bits per heavy atom. The number of amides is 1. The fraction of sp³-hybridized carbons (Fsp3) is 0.500. The third-order valence-corrected chi connectivity index (χ3v) is 3.12. The summed E-state index contributed by atoms with van der Waals surface area (Å²) in [7, 11) is 3.19. The van der Waals surface area contributed by atoms with Gasteiger partial charge in [-0.15, -0.1) is 0 Å². The van der Waals surface area contributed by atoms with Crippen molar-refractivity contribution in [3.05, 3.63) is 17.7 Å². The van der Waals surface area contributed by atoms with E-state index in [2.05, 4.69) is 10.6 Å². The van der Waals surface area contributed by atoms with E-state index in [0.717, 1.165) is 24.2 Å². The van der Waals surface area contributed by atoms with Gasteiger partial charge in [0.1, 0.15) is 11.5 Å². The Balaban J connectivity index is 2.05. The smallest absolute Gasteiger partial charge is 0.238 e. The topological polar surface area (TPSA) is 59.6 Å². The van der Waals surface area contributed by atoms with E-state index in [9.17, 15) is 4.79 Å². The normalized spacial score (nSPS) is 14.1. The highest BCUT2D eigenvalue weighted by Gasteiger charge is 2.21. The predicted octanol–water partition coefficient (Wildman–Crippen LogP) is 1.70. The first-order chi connectivity index (χ1) is 9.13. The summed E-state index contributed by atoms with van der Waals surface area (Å²) in [6.07, 6.45) is 2.32. The van der Waals surface area contributed by atoms with Crippen LogP contribution >= 0.6 is 0 Å². The van der Waals surface area contributed by atoms with E-state index < -0.39 is 0 Å². The van der Waals surface area contributed by atoms with Gasteiger partial charge >= 0.3 is 0 Å². The van der Waals surface area contributed by atoms with Gasteiger partial charge in [-0.1, -0.05) is 0 Å². The average Bonchev–Trinajstić information content (AvgIpc) is 3.22. The van der Waals surface area contributed by atoms with Crippen LogP contribution in [0.1, 0.15) is 18.4 Å².